The first-order valence-electron chi connectivity index (χ1n) is 6.79. The van der Waals surface area contributed by atoms with Crippen LogP contribution in [0.2, 0.25) is 5.02 Å². The number of aliphatic hydroxyl groups is 1. The summed E-state index contributed by atoms with van der Waals surface area (Å²) >= 11 is 7.84. The highest BCUT2D eigenvalue weighted by Crippen LogP contribution is 2.20. The lowest BCUT2D eigenvalue weighted by molar-refractivity contribution is 0.213. The minimum absolute atomic E-state index is 0.232. The lowest BCUT2D eigenvalue weighted by Gasteiger charge is -2.22. The van der Waals surface area contributed by atoms with Crippen LogP contribution in [0.3, 0.4) is 0 Å². The van der Waals surface area contributed by atoms with Crippen LogP contribution in [0.15, 0.2) is 35.7 Å². The lowest BCUT2D eigenvalue weighted by atomic mass is 10.2. The van der Waals surface area contributed by atoms with Gasteiger partial charge in [-0.25, -0.2) is 0 Å². The summed E-state index contributed by atoms with van der Waals surface area (Å²) in [5, 5.41) is 12.0. The summed E-state index contributed by atoms with van der Waals surface area (Å²) in [5.41, 5.74) is 2.56. The van der Waals surface area contributed by atoms with E-state index < -0.39 is 0 Å². The third kappa shape index (κ3) is 4.60. The van der Waals surface area contributed by atoms with Crippen molar-refractivity contribution in [2.45, 2.75) is 26.4 Å². The topological polar surface area (TPSA) is 23.5 Å². The quantitative estimate of drug-likeness (QED) is 0.832. The van der Waals surface area contributed by atoms with Gasteiger partial charge in [-0.3, -0.25) is 4.90 Å². The second-order valence-corrected chi connectivity index (χ2v) is 6.38. The van der Waals surface area contributed by atoms with Crippen molar-refractivity contribution in [1.82, 2.24) is 4.90 Å². The smallest absolute Gasteiger partial charge is 0.0443 e. The van der Waals surface area contributed by atoms with Crippen molar-refractivity contribution in [3.63, 3.8) is 0 Å². The largest absolute Gasteiger partial charge is 0.396 e. The fourth-order valence-corrected chi connectivity index (χ4v) is 3.33. The number of hydrogen-bond donors (Lipinski definition) is 1. The Hall–Kier alpha value is -0.870. The Labute approximate surface area is 129 Å². The summed E-state index contributed by atoms with van der Waals surface area (Å²) < 4.78 is 0. The molecule has 0 bridgehead atoms. The maximum Gasteiger partial charge on any atom is 0.0443 e. The highest BCUT2D eigenvalue weighted by Gasteiger charge is 2.10. The van der Waals surface area contributed by atoms with Crippen molar-refractivity contribution in [2.75, 3.05) is 13.2 Å². The van der Waals surface area contributed by atoms with Gasteiger partial charge in [0.05, 0.1) is 0 Å². The Morgan fingerprint density at radius 3 is 2.75 bits per heavy atom. The van der Waals surface area contributed by atoms with E-state index in [1.807, 2.05) is 18.2 Å². The molecule has 4 heteroatoms. The molecule has 20 heavy (non-hydrogen) atoms. The van der Waals surface area contributed by atoms with Gasteiger partial charge in [-0.05, 0) is 48.1 Å². The Morgan fingerprint density at radius 1 is 1.25 bits per heavy atom. The van der Waals surface area contributed by atoms with Crippen molar-refractivity contribution in [1.29, 1.82) is 0 Å². The molecule has 0 amide bonds. The summed E-state index contributed by atoms with van der Waals surface area (Å²) in [6.45, 7) is 5.05. The zero-order valence-corrected chi connectivity index (χ0v) is 13.3. The van der Waals surface area contributed by atoms with Crippen molar-refractivity contribution in [3.05, 3.63) is 56.7 Å². The van der Waals surface area contributed by atoms with Gasteiger partial charge in [-0.15, -0.1) is 11.3 Å². The number of hydrogen-bond acceptors (Lipinski definition) is 3. The second kappa shape index (κ2) is 7.79. The van der Waals surface area contributed by atoms with Gasteiger partial charge in [0.15, 0.2) is 0 Å². The van der Waals surface area contributed by atoms with E-state index in [2.05, 4.69) is 29.3 Å². The second-order valence-electron chi connectivity index (χ2n) is 4.94. The van der Waals surface area contributed by atoms with E-state index in [9.17, 15) is 0 Å². The molecule has 0 aliphatic heterocycles. The molecule has 1 aromatic heterocycles. The molecule has 0 aliphatic carbocycles. The van der Waals surface area contributed by atoms with Crippen LogP contribution in [0.25, 0.3) is 0 Å². The van der Waals surface area contributed by atoms with Crippen LogP contribution in [0.4, 0.5) is 0 Å². The van der Waals surface area contributed by atoms with Gasteiger partial charge in [-0.2, -0.15) is 0 Å². The molecular weight excluding hydrogens is 290 g/mol. The fourth-order valence-electron chi connectivity index (χ4n) is 2.17. The van der Waals surface area contributed by atoms with Gasteiger partial charge >= 0.3 is 0 Å². The number of halogens is 1. The lowest BCUT2D eigenvalue weighted by Crippen LogP contribution is -2.24. The monoisotopic (exact) mass is 309 g/mol. The van der Waals surface area contributed by atoms with Crippen molar-refractivity contribution in [3.8, 4) is 0 Å². The average molecular weight is 310 g/mol. The SMILES string of the molecule is Cc1ccsc1CN(CCCO)Cc1cccc(Cl)c1. The first kappa shape index (κ1) is 15.5. The number of aryl methyl sites for hydroxylation is 1. The third-order valence-electron chi connectivity index (χ3n) is 3.26. The average Bonchev–Trinajstić information content (AvgIpc) is 2.82. The van der Waals surface area contributed by atoms with E-state index in [0.29, 0.717) is 0 Å². The Kier molecular flexibility index (Phi) is 6.05. The first-order valence-corrected chi connectivity index (χ1v) is 8.05. The molecule has 0 atom stereocenters. The maximum atomic E-state index is 9.06. The molecule has 2 rings (SSSR count). The van der Waals surface area contributed by atoms with Crippen LogP contribution < -0.4 is 0 Å². The van der Waals surface area contributed by atoms with Crippen LogP contribution >= 0.6 is 22.9 Å². The number of aliphatic hydroxyl groups excluding tert-OH is 1. The Morgan fingerprint density at radius 2 is 2.10 bits per heavy atom. The van der Waals surface area contributed by atoms with E-state index in [-0.39, 0.29) is 6.61 Å². The molecule has 108 valence electrons. The number of nitrogens with zero attached hydrogens (tertiary/aromatic N) is 1. The molecule has 2 aromatic rings. The molecule has 0 fully saturated rings. The van der Waals surface area contributed by atoms with Gasteiger partial charge in [-0.1, -0.05) is 23.7 Å². The number of rotatable bonds is 7. The van der Waals surface area contributed by atoms with Gasteiger partial charge < -0.3 is 5.11 Å². The Balaban J connectivity index is 2.05. The molecule has 0 unspecified atom stereocenters. The van der Waals surface area contributed by atoms with E-state index in [1.165, 1.54) is 16.0 Å². The maximum absolute atomic E-state index is 9.06. The van der Waals surface area contributed by atoms with Crippen molar-refractivity contribution >= 4 is 22.9 Å². The predicted octanol–water partition coefficient (Wildman–Crippen LogP) is 4.09. The molecule has 2 nitrogen and oxygen atoms in total. The van der Waals surface area contributed by atoms with Crippen LogP contribution in [-0.4, -0.2) is 23.2 Å². The molecule has 0 saturated carbocycles. The van der Waals surface area contributed by atoms with Crippen LogP contribution in [0.1, 0.15) is 22.4 Å². The van der Waals surface area contributed by atoms with Gasteiger partial charge in [0, 0.05) is 36.1 Å². The van der Waals surface area contributed by atoms with Crippen molar-refractivity contribution < 1.29 is 5.11 Å². The van der Waals surface area contributed by atoms with Crippen LogP contribution in [-0.2, 0) is 13.1 Å². The minimum Gasteiger partial charge on any atom is -0.396 e. The van der Waals surface area contributed by atoms with Gasteiger partial charge in [0.25, 0.3) is 0 Å². The predicted molar refractivity (Wildman–Crippen MR) is 86.3 cm³/mol. The summed E-state index contributed by atoms with van der Waals surface area (Å²) in [4.78, 5) is 3.76. The zero-order chi connectivity index (χ0) is 14.4. The Bertz CT molecular complexity index is 541. The minimum atomic E-state index is 0.232. The van der Waals surface area contributed by atoms with E-state index in [4.69, 9.17) is 16.7 Å². The molecule has 1 aromatic carbocycles. The van der Waals surface area contributed by atoms with Crippen LogP contribution in [0, 0.1) is 6.92 Å². The molecule has 0 aliphatic rings. The standard InChI is InChI=1S/C16H20ClNOS/c1-13-6-9-20-16(13)12-18(7-3-8-19)11-14-4-2-5-15(17)10-14/h2,4-6,9-10,19H,3,7-8,11-12H2,1H3. The van der Waals surface area contributed by atoms with Gasteiger partial charge in [0.2, 0.25) is 0 Å². The molecule has 0 spiro atoms. The van der Waals surface area contributed by atoms with E-state index in [0.717, 1.165) is 31.1 Å². The summed E-state index contributed by atoms with van der Waals surface area (Å²) in [6.07, 6.45) is 0.797. The number of thiophene rings is 1. The molecule has 1 heterocycles. The summed E-state index contributed by atoms with van der Waals surface area (Å²) in [5.74, 6) is 0. The third-order valence-corrected chi connectivity index (χ3v) is 4.51. The highest BCUT2D eigenvalue weighted by molar-refractivity contribution is 7.10. The fraction of sp³-hybridized carbons (Fsp3) is 0.375. The zero-order valence-electron chi connectivity index (χ0n) is 11.7. The summed E-state index contributed by atoms with van der Waals surface area (Å²) in [7, 11) is 0. The van der Waals surface area contributed by atoms with Gasteiger partial charge in [0.1, 0.15) is 0 Å². The first-order chi connectivity index (χ1) is 9.69. The molecular formula is C16H20ClNOS. The van der Waals surface area contributed by atoms with E-state index >= 15 is 0 Å². The van der Waals surface area contributed by atoms with Crippen molar-refractivity contribution in [2.24, 2.45) is 0 Å². The molecule has 1 N–H and O–H groups in total. The number of benzene rings is 1. The molecule has 0 radical (unpaired) electrons. The van der Waals surface area contributed by atoms with Crippen LogP contribution in [0.5, 0.6) is 0 Å². The van der Waals surface area contributed by atoms with E-state index in [1.54, 1.807) is 11.3 Å². The normalized spacial score (nSPS) is 11.2. The summed E-state index contributed by atoms with van der Waals surface area (Å²) in [6, 6.07) is 10.1. The highest BCUT2D eigenvalue weighted by atomic mass is 35.5. The molecule has 0 saturated heterocycles.